The largest absolute Gasteiger partial charge is 0.398 e. The van der Waals surface area contributed by atoms with Gasteiger partial charge in [-0.2, -0.15) is 0 Å². The van der Waals surface area contributed by atoms with Gasteiger partial charge in [0, 0.05) is 30.2 Å². The van der Waals surface area contributed by atoms with Crippen LogP contribution in [0.15, 0.2) is 24.3 Å². The normalized spacial score (nSPS) is 14.3. The molecule has 0 saturated carbocycles. The van der Waals surface area contributed by atoms with E-state index in [9.17, 15) is 0 Å². The summed E-state index contributed by atoms with van der Waals surface area (Å²) in [6, 6.07) is 8.13. The molecule has 1 aromatic carbocycles. The quantitative estimate of drug-likeness (QED) is 0.793. The van der Waals surface area contributed by atoms with Gasteiger partial charge in [0.25, 0.3) is 0 Å². The monoisotopic (exact) mass is 254 g/mol. The Morgan fingerprint density at radius 2 is 1.89 bits per heavy atom. The van der Waals surface area contributed by atoms with E-state index >= 15 is 0 Å². The van der Waals surface area contributed by atoms with E-state index in [4.69, 9.17) is 5.73 Å². The molecule has 1 aliphatic heterocycles. The lowest BCUT2D eigenvalue weighted by atomic mass is 9.98. The maximum absolute atomic E-state index is 6.02. The van der Waals surface area contributed by atoms with Gasteiger partial charge in [-0.05, 0) is 43.5 Å². The van der Waals surface area contributed by atoms with Crippen molar-refractivity contribution in [3.8, 4) is 0 Å². The summed E-state index contributed by atoms with van der Waals surface area (Å²) in [7, 11) is 0. The number of nitrogen functional groups attached to an aromatic ring is 1. The van der Waals surface area contributed by atoms with E-state index in [2.05, 4.69) is 20.9 Å². The number of nitrogens with two attached hydrogens (primary N) is 1. The zero-order valence-corrected chi connectivity index (χ0v) is 11.3. The summed E-state index contributed by atoms with van der Waals surface area (Å²) in [6.07, 6.45) is 0.957. The fraction of sp³-hybridized carbons (Fsp3) is 0.333. The third-order valence-corrected chi connectivity index (χ3v) is 3.56. The van der Waals surface area contributed by atoms with E-state index < -0.39 is 0 Å². The van der Waals surface area contributed by atoms with Gasteiger partial charge in [-0.25, -0.2) is 9.97 Å². The maximum Gasteiger partial charge on any atom is 0.226 e. The van der Waals surface area contributed by atoms with Crippen LogP contribution in [0.2, 0.25) is 0 Å². The number of hydrogen-bond acceptors (Lipinski definition) is 4. The molecule has 2 N–H and O–H groups in total. The number of aromatic nitrogens is 2. The van der Waals surface area contributed by atoms with Crippen molar-refractivity contribution in [2.75, 3.05) is 17.2 Å². The van der Waals surface area contributed by atoms with Crippen LogP contribution in [0.1, 0.15) is 22.5 Å². The fourth-order valence-electron chi connectivity index (χ4n) is 2.66. The molecule has 3 rings (SSSR count). The lowest BCUT2D eigenvalue weighted by molar-refractivity contribution is 0.705. The van der Waals surface area contributed by atoms with Crippen LogP contribution in [-0.4, -0.2) is 16.5 Å². The van der Waals surface area contributed by atoms with Crippen molar-refractivity contribution in [3.63, 3.8) is 0 Å². The van der Waals surface area contributed by atoms with Crippen LogP contribution in [0, 0.1) is 13.8 Å². The minimum absolute atomic E-state index is 0.825. The second-order valence-corrected chi connectivity index (χ2v) is 5.11. The number of rotatable bonds is 1. The Bertz CT molecular complexity index is 601. The summed E-state index contributed by atoms with van der Waals surface area (Å²) in [6.45, 7) is 5.77. The Morgan fingerprint density at radius 1 is 1.16 bits per heavy atom. The second-order valence-electron chi connectivity index (χ2n) is 5.11. The lowest BCUT2D eigenvalue weighted by Gasteiger charge is -2.29. The first kappa shape index (κ1) is 12.0. The van der Waals surface area contributed by atoms with Crippen LogP contribution in [-0.2, 0) is 13.0 Å². The molecule has 0 aliphatic carbocycles. The highest BCUT2D eigenvalue weighted by Gasteiger charge is 2.20. The molecular formula is C15H18N4. The summed E-state index contributed by atoms with van der Waals surface area (Å²) < 4.78 is 0. The molecule has 2 heterocycles. The topological polar surface area (TPSA) is 55.0 Å². The SMILES string of the molecule is Cc1cc(C)nc(N2CCc3c(N)cccc3C2)n1. The molecule has 98 valence electrons. The van der Waals surface area contributed by atoms with Crippen molar-refractivity contribution in [2.24, 2.45) is 0 Å². The molecule has 0 radical (unpaired) electrons. The molecule has 0 spiro atoms. The van der Waals surface area contributed by atoms with Gasteiger partial charge >= 0.3 is 0 Å². The van der Waals surface area contributed by atoms with Gasteiger partial charge < -0.3 is 10.6 Å². The fourth-order valence-corrected chi connectivity index (χ4v) is 2.66. The Hall–Kier alpha value is -2.10. The first-order valence-corrected chi connectivity index (χ1v) is 6.57. The predicted octanol–water partition coefficient (Wildman–Crippen LogP) is 2.24. The van der Waals surface area contributed by atoms with Gasteiger partial charge in [0.1, 0.15) is 0 Å². The molecule has 1 aliphatic rings. The molecule has 0 saturated heterocycles. The van der Waals surface area contributed by atoms with Crippen LogP contribution in [0.4, 0.5) is 11.6 Å². The molecule has 0 atom stereocenters. The van der Waals surface area contributed by atoms with E-state index in [1.54, 1.807) is 0 Å². The van der Waals surface area contributed by atoms with E-state index in [1.807, 2.05) is 32.0 Å². The summed E-state index contributed by atoms with van der Waals surface area (Å²) in [5.41, 5.74) is 11.5. The summed E-state index contributed by atoms with van der Waals surface area (Å²) in [5, 5.41) is 0. The Labute approximate surface area is 113 Å². The average Bonchev–Trinajstić information content (AvgIpc) is 2.37. The molecule has 0 fully saturated rings. The smallest absolute Gasteiger partial charge is 0.226 e. The number of anilines is 2. The van der Waals surface area contributed by atoms with Crippen molar-refractivity contribution in [1.29, 1.82) is 0 Å². The highest BCUT2D eigenvalue weighted by Crippen LogP contribution is 2.26. The van der Waals surface area contributed by atoms with Gasteiger partial charge in [-0.3, -0.25) is 0 Å². The van der Waals surface area contributed by atoms with E-state index in [0.29, 0.717) is 0 Å². The lowest BCUT2D eigenvalue weighted by Crippen LogP contribution is -2.32. The molecule has 19 heavy (non-hydrogen) atoms. The Kier molecular flexibility index (Phi) is 2.85. The summed E-state index contributed by atoms with van der Waals surface area (Å²) in [5.74, 6) is 0.825. The van der Waals surface area contributed by atoms with E-state index in [1.165, 1.54) is 11.1 Å². The predicted molar refractivity (Wildman–Crippen MR) is 77.1 cm³/mol. The zero-order chi connectivity index (χ0) is 13.4. The molecule has 0 bridgehead atoms. The third-order valence-electron chi connectivity index (χ3n) is 3.56. The molecule has 2 aromatic rings. The maximum atomic E-state index is 6.02. The number of nitrogens with zero attached hydrogens (tertiary/aromatic N) is 3. The second kappa shape index (κ2) is 4.53. The number of aryl methyl sites for hydroxylation is 2. The number of hydrogen-bond donors (Lipinski definition) is 1. The average molecular weight is 254 g/mol. The van der Waals surface area contributed by atoms with Crippen molar-refractivity contribution in [2.45, 2.75) is 26.8 Å². The standard InChI is InChI=1S/C15H18N4/c1-10-8-11(2)18-15(17-10)19-7-6-13-12(9-19)4-3-5-14(13)16/h3-5,8H,6-7,9,16H2,1-2H3. The first-order chi connectivity index (χ1) is 9.13. The van der Waals surface area contributed by atoms with Crippen LogP contribution < -0.4 is 10.6 Å². The summed E-state index contributed by atoms with van der Waals surface area (Å²) in [4.78, 5) is 11.3. The van der Waals surface area contributed by atoms with E-state index in [0.717, 1.165) is 42.5 Å². The van der Waals surface area contributed by atoms with Crippen LogP contribution >= 0.6 is 0 Å². The van der Waals surface area contributed by atoms with Gasteiger partial charge in [0.05, 0.1) is 0 Å². The number of fused-ring (bicyclic) bond motifs is 1. The zero-order valence-electron chi connectivity index (χ0n) is 11.3. The van der Waals surface area contributed by atoms with Crippen molar-refractivity contribution in [3.05, 3.63) is 46.8 Å². The van der Waals surface area contributed by atoms with Gasteiger partial charge in [0.15, 0.2) is 0 Å². The first-order valence-electron chi connectivity index (χ1n) is 6.57. The Morgan fingerprint density at radius 3 is 2.63 bits per heavy atom. The van der Waals surface area contributed by atoms with Crippen LogP contribution in [0.3, 0.4) is 0 Å². The van der Waals surface area contributed by atoms with Crippen molar-refractivity contribution in [1.82, 2.24) is 9.97 Å². The van der Waals surface area contributed by atoms with Crippen LogP contribution in [0.25, 0.3) is 0 Å². The van der Waals surface area contributed by atoms with Crippen molar-refractivity contribution < 1.29 is 0 Å². The van der Waals surface area contributed by atoms with Gasteiger partial charge in [-0.15, -0.1) is 0 Å². The number of benzene rings is 1. The summed E-state index contributed by atoms with van der Waals surface area (Å²) >= 11 is 0. The Balaban J connectivity index is 1.93. The third kappa shape index (κ3) is 2.26. The van der Waals surface area contributed by atoms with Crippen LogP contribution in [0.5, 0.6) is 0 Å². The minimum Gasteiger partial charge on any atom is -0.398 e. The molecule has 1 aromatic heterocycles. The molecule has 4 heteroatoms. The molecule has 4 nitrogen and oxygen atoms in total. The highest BCUT2D eigenvalue weighted by molar-refractivity contribution is 5.54. The van der Waals surface area contributed by atoms with Gasteiger partial charge in [0.2, 0.25) is 5.95 Å². The van der Waals surface area contributed by atoms with Gasteiger partial charge in [-0.1, -0.05) is 12.1 Å². The highest BCUT2D eigenvalue weighted by atomic mass is 15.3. The molecule has 0 amide bonds. The minimum atomic E-state index is 0.825. The van der Waals surface area contributed by atoms with E-state index in [-0.39, 0.29) is 0 Å². The van der Waals surface area contributed by atoms with Crippen molar-refractivity contribution >= 4 is 11.6 Å². The molecular weight excluding hydrogens is 236 g/mol. The molecule has 0 unspecified atom stereocenters.